The molecule has 8 rings (SSSR count). The minimum atomic E-state index is 0.721. The zero-order chi connectivity index (χ0) is 37.8. The number of unbranched alkanes of at least 4 members (excludes halogenated alkanes) is 4. The van der Waals surface area contributed by atoms with Gasteiger partial charge in [-0.3, -0.25) is 0 Å². The number of hydrogen-bond donors (Lipinski definition) is 0. The van der Waals surface area contributed by atoms with Gasteiger partial charge in [-0.05, 0) is 145 Å². The van der Waals surface area contributed by atoms with Crippen molar-refractivity contribution in [2.75, 3.05) is 9.80 Å². The molecule has 0 spiro atoms. The summed E-state index contributed by atoms with van der Waals surface area (Å²) >= 11 is 0. The maximum absolute atomic E-state index is 2.40. The number of hydrogen-bond acceptors (Lipinski definition) is 2. The van der Waals surface area contributed by atoms with Gasteiger partial charge in [0, 0.05) is 34.1 Å². The lowest BCUT2D eigenvalue weighted by Crippen LogP contribution is -2.24. The summed E-state index contributed by atoms with van der Waals surface area (Å²) in [6, 6.07) is 70.4. The van der Waals surface area contributed by atoms with E-state index in [2.05, 4.69) is 204 Å². The smallest absolute Gasteiger partial charge is 0.0464 e. The summed E-state index contributed by atoms with van der Waals surface area (Å²) in [5.41, 5.74) is 13.3. The van der Waals surface area contributed by atoms with Gasteiger partial charge in [0.25, 0.3) is 0 Å². The number of rotatable bonds is 18. The van der Waals surface area contributed by atoms with Crippen molar-refractivity contribution in [1.29, 1.82) is 0 Å². The van der Waals surface area contributed by atoms with Crippen LogP contribution >= 0.6 is 0 Å². The van der Waals surface area contributed by atoms with Crippen LogP contribution in [0.1, 0.15) is 85.5 Å². The molecule has 1 aliphatic rings. The van der Waals surface area contributed by atoms with Crippen LogP contribution in [-0.2, 0) is 12.8 Å². The number of fused-ring (bicyclic) bond motifs is 1. The highest BCUT2D eigenvalue weighted by molar-refractivity contribution is 5.77. The lowest BCUT2D eigenvalue weighted by molar-refractivity contribution is 0.390. The van der Waals surface area contributed by atoms with E-state index >= 15 is 0 Å². The maximum Gasteiger partial charge on any atom is 0.0464 e. The fraction of sp³-hybridized carbons (Fsp3) is 0.222. The van der Waals surface area contributed by atoms with Crippen molar-refractivity contribution < 1.29 is 0 Å². The molecule has 0 aromatic heterocycles. The molecule has 0 aliphatic heterocycles. The van der Waals surface area contributed by atoms with E-state index in [4.69, 9.17) is 0 Å². The average Bonchev–Trinajstić information content (AvgIpc) is 3.25. The van der Waals surface area contributed by atoms with E-state index in [0.29, 0.717) is 0 Å². The van der Waals surface area contributed by atoms with Gasteiger partial charge in [-0.1, -0.05) is 147 Å². The van der Waals surface area contributed by atoms with Crippen molar-refractivity contribution in [2.45, 2.75) is 76.0 Å². The molecule has 0 saturated carbocycles. The van der Waals surface area contributed by atoms with Crippen LogP contribution in [0.5, 0.6) is 0 Å². The quantitative estimate of drug-likeness (QED) is 0.0811. The Hall–Kier alpha value is -5.86. The van der Waals surface area contributed by atoms with Crippen molar-refractivity contribution in [3.05, 3.63) is 216 Å². The fourth-order valence-corrected chi connectivity index (χ4v) is 8.88. The third-order valence-corrected chi connectivity index (χ3v) is 11.6. The highest BCUT2D eigenvalue weighted by atomic mass is 15.1. The molecule has 56 heavy (non-hydrogen) atoms. The van der Waals surface area contributed by atoms with Crippen molar-refractivity contribution in [3.63, 3.8) is 0 Å². The minimum Gasteiger partial charge on any atom is -0.310 e. The van der Waals surface area contributed by atoms with Crippen molar-refractivity contribution in [2.24, 2.45) is 0 Å². The van der Waals surface area contributed by atoms with Crippen LogP contribution < -0.4 is 9.80 Å². The van der Waals surface area contributed by atoms with Gasteiger partial charge in [-0.25, -0.2) is 0 Å². The summed E-state index contributed by atoms with van der Waals surface area (Å²) < 4.78 is 0. The Morgan fingerprint density at radius 3 is 0.964 bits per heavy atom. The minimum absolute atomic E-state index is 0.721. The van der Waals surface area contributed by atoms with Gasteiger partial charge in [-0.15, -0.1) is 0 Å². The first-order chi connectivity index (χ1) is 27.8. The highest BCUT2D eigenvalue weighted by Gasteiger charge is 2.35. The van der Waals surface area contributed by atoms with Gasteiger partial charge >= 0.3 is 0 Å². The Morgan fingerprint density at radius 2 is 0.607 bits per heavy atom. The first-order valence-electron chi connectivity index (χ1n) is 20.9. The molecule has 2 nitrogen and oxygen atoms in total. The van der Waals surface area contributed by atoms with Gasteiger partial charge in [-0.2, -0.15) is 0 Å². The normalized spacial score (nSPS) is 14.4. The Labute approximate surface area is 335 Å². The number of aryl methyl sites for hydroxylation is 2. The Morgan fingerprint density at radius 1 is 0.286 bits per heavy atom. The van der Waals surface area contributed by atoms with Crippen molar-refractivity contribution in [1.82, 2.24) is 0 Å². The van der Waals surface area contributed by atoms with Crippen molar-refractivity contribution >= 4 is 34.1 Å². The third-order valence-electron chi connectivity index (χ3n) is 11.6. The molecular formula is C54H54N2. The number of anilines is 6. The first kappa shape index (κ1) is 37.1. The molecule has 0 amide bonds. The van der Waals surface area contributed by atoms with Gasteiger partial charge in [0.1, 0.15) is 0 Å². The van der Waals surface area contributed by atoms with Crippen LogP contribution in [-0.4, -0.2) is 0 Å². The van der Waals surface area contributed by atoms with Crippen LogP contribution in [0, 0.1) is 0 Å². The molecule has 2 atom stereocenters. The standard InChI is InChI=1S/C54H54N2/c1(7-23-43-25-21-35-49(41-43)55(45-27-9-3-10-28-45)46-29-11-4-12-30-46)17-37-51-52(54-40-20-19-39-53(51)54)38-18-2-8-24-44-26-22-36-50(42-44)56(47-31-13-5-14-32-47)48-33-15-6-16-34-48/h3-6,9-16,19-22,25-36,39-42,51-52H,1-2,7-8,17-18,23-24,37-38H2. The van der Waals surface area contributed by atoms with Crippen LogP contribution in [0.4, 0.5) is 34.1 Å². The number of benzene rings is 7. The van der Waals surface area contributed by atoms with Gasteiger partial charge in [0.2, 0.25) is 0 Å². The predicted molar refractivity (Wildman–Crippen MR) is 239 cm³/mol. The topological polar surface area (TPSA) is 6.48 Å². The number of nitrogens with zero attached hydrogens (tertiary/aromatic N) is 2. The molecule has 7 aromatic rings. The Bertz CT molecular complexity index is 1990. The van der Waals surface area contributed by atoms with Gasteiger partial charge in [0.15, 0.2) is 0 Å². The van der Waals surface area contributed by atoms with Crippen LogP contribution in [0.3, 0.4) is 0 Å². The van der Waals surface area contributed by atoms with Gasteiger partial charge in [0.05, 0.1) is 0 Å². The Kier molecular flexibility index (Phi) is 12.4. The molecule has 7 aromatic carbocycles. The van der Waals surface area contributed by atoms with E-state index in [0.717, 1.165) is 24.7 Å². The average molecular weight is 731 g/mol. The van der Waals surface area contributed by atoms with E-state index in [-0.39, 0.29) is 0 Å². The molecule has 0 heterocycles. The number of para-hydroxylation sites is 4. The molecule has 0 saturated heterocycles. The zero-order valence-corrected chi connectivity index (χ0v) is 32.6. The second kappa shape index (κ2) is 18.7. The lowest BCUT2D eigenvalue weighted by Gasteiger charge is -2.40. The monoisotopic (exact) mass is 730 g/mol. The zero-order valence-electron chi connectivity index (χ0n) is 32.6. The molecule has 280 valence electrons. The van der Waals surface area contributed by atoms with Gasteiger partial charge < -0.3 is 9.80 Å². The molecule has 0 bridgehead atoms. The largest absolute Gasteiger partial charge is 0.310 e. The fourth-order valence-electron chi connectivity index (χ4n) is 8.88. The lowest BCUT2D eigenvalue weighted by atomic mass is 9.64. The summed E-state index contributed by atoms with van der Waals surface area (Å²) in [5.74, 6) is 1.44. The van der Waals surface area contributed by atoms with E-state index in [9.17, 15) is 0 Å². The highest BCUT2D eigenvalue weighted by Crippen LogP contribution is 2.51. The summed E-state index contributed by atoms with van der Waals surface area (Å²) in [7, 11) is 0. The third kappa shape index (κ3) is 8.98. The van der Waals surface area contributed by atoms with E-state index in [1.807, 2.05) is 0 Å². The SMILES string of the molecule is c1ccc(N(c2ccccc2)c2cccc(CCCCCC3c4ccccc4C3CCCCCc3cccc(N(c4ccccc4)c4ccccc4)c3)c2)cc1. The Balaban J connectivity index is 0.817. The molecule has 2 heteroatoms. The van der Waals surface area contributed by atoms with Crippen LogP contribution in [0.2, 0.25) is 0 Å². The van der Waals surface area contributed by atoms with E-state index < -0.39 is 0 Å². The van der Waals surface area contributed by atoms with E-state index in [1.165, 1.54) is 96.6 Å². The molecule has 0 N–H and O–H groups in total. The first-order valence-corrected chi connectivity index (χ1v) is 20.9. The van der Waals surface area contributed by atoms with E-state index in [1.54, 1.807) is 11.1 Å². The molecule has 2 unspecified atom stereocenters. The maximum atomic E-state index is 2.40. The molecular weight excluding hydrogens is 677 g/mol. The predicted octanol–water partition coefficient (Wildman–Crippen LogP) is 15.4. The summed E-state index contributed by atoms with van der Waals surface area (Å²) in [6.45, 7) is 0. The summed E-state index contributed by atoms with van der Waals surface area (Å²) in [6.07, 6.45) is 12.5. The summed E-state index contributed by atoms with van der Waals surface area (Å²) in [5, 5.41) is 0. The molecule has 1 aliphatic carbocycles. The van der Waals surface area contributed by atoms with Crippen molar-refractivity contribution in [3.8, 4) is 0 Å². The second-order valence-electron chi connectivity index (χ2n) is 15.4. The van der Waals surface area contributed by atoms with Crippen LogP contribution in [0.15, 0.2) is 194 Å². The second-order valence-corrected chi connectivity index (χ2v) is 15.4. The van der Waals surface area contributed by atoms with Crippen LogP contribution in [0.25, 0.3) is 0 Å². The molecule has 0 radical (unpaired) electrons. The summed E-state index contributed by atoms with van der Waals surface area (Å²) in [4.78, 5) is 4.73. The molecule has 0 fully saturated rings.